The highest BCUT2D eigenvalue weighted by Crippen LogP contribution is 2.35. The minimum Gasteiger partial charge on any atom is -0.494 e. The first-order valence-electron chi connectivity index (χ1n) is 16.2. The summed E-state index contributed by atoms with van der Waals surface area (Å²) in [5, 5.41) is 3.59. The molecule has 0 aliphatic carbocycles. The number of nitrogens with zero attached hydrogens (tertiary/aromatic N) is 2. The average Bonchev–Trinajstić information content (AvgIpc) is 3.07. The average molecular weight is 614 g/mol. The van der Waals surface area contributed by atoms with Crippen LogP contribution in [0.3, 0.4) is 0 Å². The molecule has 0 radical (unpaired) electrons. The summed E-state index contributed by atoms with van der Waals surface area (Å²) in [5.74, 6) is 1.90. The Morgan fingerprint density at radius 3 is 2.36 bits per heavy atom. The Kier molecular flexibility index (Phi) is 13.4. The summed E-state index contributed by atoms with van der Waals surface area (Å²) in [6.45, 7) is 11.8. The zero-order valence-electron chi connectivity index (χ0n) is 26.5. The third-order valence-electron chi connectivity index (χ3n) is 8.59. The number of rotatable bonds is 17. The summed E-state index contributed by atoms with van der Waals surface area (Å²) >= 11 is 0. The lowest BCUT2D eigenvalue weighted by atomic mass is 9.85. The zero-order chi connectivity index (χ0) is 30.4. The second-order valence-corrected chi connectivity index (χ2v) is 11.6. The Labute approximate surface area is 262 Å². The van der Waals surface area contributed by atoms with Crippen molar-refractivity contribution in [1.82, 2.24) is 10.2 Å². The highest BCUT2D eigenvalue weighted by atomic mass is 16.5. The number of benzene rings is 2. The lowest BCUT2D eigenvalue weighted by Crippen LogP contribution is -2.51. The Morgan fingerprint density at radius 2 is 1.57 bits per heavy atom. The van der Waals surface area contributed by atoms with E-state index in [9.17, 15) is 0 Å². The van der Waals surface area contributed by atoms with Crippen LogP contribution in [0.1, 0.15) is 29.9 Å². The van der Waals surface area contributed by atoms with E-state index in [2.05, 4.69) is 57.6 Å². The molecule has 3 aliphatic rings. The molecule has 2 fully saturated rings. The molecule has 2 aromatic carbocycles. The summed E-state index contributed by atoms with van der Waals surface area (Å²) in [7, 11) is 3.47. The molecule has 3 atom stereocenters. The summed E-state index contributed by atoms with van der Waals surface area (Å²) in [5.41, 5.74) is 3.48. The number of ether oxygens (including phenoxy) is 7. The Morgan fingerprint density at radius 1 is 0.795 bits per heavy atom. The van der Waals surface area contributed by atoms with E-state index in [0.717, 1.165) is 101 Å². The fourth-order valence-electron chi connectivity index (χ4n) is 6.20. The van der Waals surface area contributed by atoms with Gasteiger partial charge in [0.25, 0.3) is 0 Å². The van der Waals surface area contributed by atoms with Crippen LogP contribution >= 0.6 is 0 Å². The second-order valence-electron chi connectivity index (χ2n) is 11.6. The maximum atomic E-state index is 6.72. The maximum Gasteiger partial charge on any atom is 0.142 e. The normalized spacial score (nSPS) is 22.4. The molecule has 0 unspecified atom stereocenters. The minimum atomic E-state index is -0.0457. The number of piperidine rings is 1. The topological polar surface area (TPSA) is 83.1 Å². The third-order valence-corrected chi connectivity index (χ3v) is 8.59. The van der Waals surface area contributed by atoms with Gasteiger partial charge in [-0.3, -0.25) is 4.90 Å². The number of anilines is 1. The SMILES string of the molecule is COCCCOc1ccc([C@@H]2[C@@H](OCc3ccc4c(c3)N(CCCOC)CCO4)CNC[C@H]2OCCN2CCOCC2)cc1. The minimum absolute atomic E-state index is 0.00327. The van der Waals surface area contributed by atoms with E-state index in [1.54, 1.807) is 14.2 Å². The molecule has 0 amide bonds. The van der Waals surface area contributed by atoms with Gasteiger partial charge in [-0.2, -0.15) is 0 Å². The molecule has 3 aliphatic heterocycles. The van der Waals surface area contributed by atoms with Gasteiger partial charge in [0.05, 0.1) is 57.5 Å². The van der Waals surface area contributed by atoms with Gasteiger partial charge in [0, 0.05) is 79.0 Å². The number of hydrogen-bond acceptors (Lipinski definition) is 10. The first kappa shape index (κ1) is 32.9. The van der Waals surface area contributed by atoms with E-state index in [1.807, 2.05) is 0 Å². The number of hydrogen-bond donors (Lipinski definition) is 1. The van der Waals surface area contributed by atoms with E-state index in [0.29, 0.717) is 33.0 Å². The number of methoxy groups -OCH3 is 2. The van der Waals surface area contributed by atoms with E-state index in [-0.39, 0.29) is 18.1 Å². The monoisotopic (exact) mass is 613 g/mol. The first-order chi connectivity index (χ1) is 21.7. The molecular formula is C34H51N3O7. The van der Waals surface area contributed by atoms with Crippen LogP contribution in [0.2, 0.25) is 0 Å². The Balaban J connectivity index is 1.26. The molecule has 0 saturated carbocycles. The molecule has 5 rings (SSSR count). The second kappa shape index (κ2) is 17.9. The largest absolute Gasteiger partial charge is 0.494 e. The molecule has 0 aromatic heterocycles. The van der Waals surface area contributed by atoms with Crippen molar-refractivity contribution in [2.24, 2.45) is 0 Å². The van der Waals surface area contributed by atoms with Crippen molar-refractivity contribution in [3.8, 4) is 11.5 Å². The van der Waals surface area contributed by atoms with Gasteiger partial charge >= 0.3 is 0 Å². The van der Waals surface area contributed by atoms with Crippen LogP contribution in [0.4, 0.5) is 5.69 Å². The maximum absolute atomic E-state index is 6.72. The summed E-state index contributed by atoms with van der Waals surface area (Å²) in [6, 6.07) is 14.9. The summed E-state index contributed by atoms with van der Waals surface area (Å²) in [4.78, 5) is 4.81. The summed E-state index contributed by atoms with van der Waals surface area (Å²) < 4.78 is 41.1. The van der Waals surface area contributed by atoms with E-state index >= 15 is 0 Å². The van der Waals surface area contributed by atoms with Crippen LogP contribution in [0.5, 0.6) is 11.5 Å². The van der Waals surface area contributed by atoms with Crippen LogP contribution in [-0.4, -0.2) is 123 Å². The highest BCUT2D eigenvalue weighted by Gasteiger charge is 2.36. The molecule has 244 valence electrons. The van der Waals surface area contributed by atoms with E-state index < -0.39 is 0 Å². The van der Waals surface area contributed by atoms with Gasteiger partial charge in [-0.1, -0.05) is 18.2 Å². The quantitative estimate of drug-likeness (QED) is 0.269. The van der Waals surface area contributed by atoms with Gasteiger partial charge in [0.15, 0.2) is 0 Å². The van der Waals surface area contributed by atoms with Gasteiger partial charge in [0.2, 0.25) is 0 Å². The fraction of sp³-hybridized carbons (Fsp3) is 0.647. The molecule has 2 saturated heterocycles. The molecule has 10 nitrogen and oxygen atoms in total. The van der Waals surface area contributed by atoms with Crippen molar-refractivity contribution in [2.75, 3.05) is 111 Å². The number of nitrogens with one attached hydrogen (secondary N) is 1. The van der Waals surface area contributed by atoms with Gasteiger partial charge in [-0.05, 0) is 41.8 Å². The van der Waals surface area contributed by atoms with Crippen molar-refractivity contribution >= 4 is 5.69 Å². The van der Waals surface area contributed by atoms with Crippen LogP contribution in [0.15, 0.2) is 42.5 Å². The lowest BCUT2D eigenvalue weighted by Gasteiger charge is -2.39. The van der Waals surface area contributed by atoms with Gasteiger partial charge in [0.1, 0.15) is 18.1 Å². The molecule has 2 aromatic rings. The van der Waals surface area contributed by atoms with Crippen molar-refractivity contribution in [1.29, 1.82) is 0 Å². The van der Waals surface area contributed by atoms with Crippen molar-refractivity contribution in [2.45, 2.75) is 37.6 Å². The molecule has 3 heterocycles. The van der Waals surface area contributed by atoms with Gasteiger partial charge < -0.3 is 43.4 Å². The molecular weight excluding hydrogens is 562 g/mol. The fourth-order valence-corrected chi connectivity index (χ4v) is 6.20. The predicted molar refractivity (Wildman–Crippen MR) is 170 cm³/mol. The van der Waals surface area contributed by atoms with Crippen molar-refractivity contribution in [3.63, 3.8) is 0 Å². The molecule has 44 heavy (non-hydrogen) atoms. The van der Waals surface area contributed by atoms with Crippen LogP contribution in [0.25, 0.3) is 0 Å². The van der Waals surface area contributed by atoms with E-state index in [1.165, 1.54) is 5.56 Å². The first-order valence-corrected chi connectivity index (χ1v) is 16.2. The van der Waals surface area contributed by atoms with Gasteiger partial charge in [-0.25, -0.2) is 0 Å². The zero-order valence-corrected chi connectivity index (χ0v) is 26.5. The standard InChI is InChI=1S/C34H51N3O7/c1-38-16-3-11-37-15-22-42-31-10-5-27(23-30(31)37)26-44-33-25-35-24-32(43-21-14-36-12-19-40-20-13-36)34(33)28-6-8-29(9-7-28)41-18-4-17-39-2/h5-10,23,32-35H,3-4,11-22,24-26H2,1-2H3/t32-,33+,34+/m1/s1. The molecule has 0 spiro atoms. The lowest BCUT2D eigenvalue weighted by molar-refractivity contribution is -0.0662. The highest BCUT2D eigenvalue weighted by molar-refractivity contribution is 5.61. The summed E-state index contributed by atoms with van der Waals surface area (Å²) in [6.07, 6.45) is 1.80. The van der Waals surface area contributed by atoms with E-state index in [4.69, 9.17) is 33.2 Å². The van der Waals surface area contributed by atoms with Crippen LogP contribution in [-0.2, 0) is 30.3 Å². The molecule has 10 heteroatoms. The predicted octanol–water partition coefficient (Wildman–Crippen LogP) is 3.33. The third kappa shape index (κ3) is 9.53. The van der Waals surface area contributed by atoms with Crippen LogP contribution < -0.4 is 19.7 Å². The molecule has 0 bridgehead atoms. The Hall–Kier alpha value is -2.44. The van der Waals surface area contributed by atoms with Gasteiger partial charge in [-0.15, -0.1) is 0 Å². The molecule has 1 N–H and O–H groups in total. The number of fused-ring (bicyclic) bond motifs is 1. The number of morpholine rings is 1. The van der Waals surface area contributed by atoms with Crippen molar-refractivity contribution in [3.05, 3.63) is 53.6 Å². The smallest absolute Gasteiger partial charge is 0.142 e. The van der Waals surface area contributed by atoms with Crippen molar-refractivity contribution < 1.29 is 33.2 Å². The Bertz CT molecular complexity index is 1100. The van der Waals surface area contributed by atoms with Crippen LogP contribution in [0, 0.1) is 0 Å².